The van der Waals surface area contributed by atoms with Crippen molar-refractivity contribution in [2.24, 2.45) is 4.99 Å². The first-order valence-electron chi connectivity index (χ1n) is 9.90. The molecule has 1 N–H and O–H groups in total. The molecule has 2 fully saturated rings. The number of hydrogen-bond donors (Lipinski definition) is 1. The molecule has 0 saturated carbocycles. The molecule has 7 nitrogen and oxygen atoms in total. The SMILES string of the molecule is Cl.O=C1N=C(N2CCCCN2)S/C1=C/c1cc(F)ccc1OC(=O)N1CCCCC1. The lowest BCUT2D eigenvalue weighted by Crippen LogP contribution is -2.45. The Morgan fingerprint density at radius 3 is 2.67 bits per heavy atom. The molecule has 0 bridgehead atoms. The zero-order valence-electron chi connectivity index (χ0n) is 16.4. The molecular formula is C20H24ClFN4O3S. The van der Waals surface area contributed by atoms with Crippen molar-refractivity contribution in [3.05, 3.63) is 34.5 Å². The van der Waals surface area contributed by atoms with E-state index in [1.165, 1.54) is 36.0 Å². The third-order valence-electron chi connectivity index (χ3n) is 5.02. The fourth-order valence-corrected chi connectivity index (χ4v) is 4.38. The highest BCUT2D eigenvalue weighted by atomic mass is 35.5. The van der Waals surface area contributed by atoms with Crippen molar-refractivity contribution in [3.63, 3.8) is 0 Å². The number of amidine groups is 1. The van der Waals surface area contributed by atoms with Crippen LogP contribution in [0.2, 0.25) is 0 Å². The predicted molar refractivity (Wildman–Crippen MR) is 117 cm³/mol. The van der Waals surface area contributed by atoms with Gasteiger partial charge in [-0.15, -0.1) is 12.4 Å². The average Bonchev–Trinajstić information content (AvgIpc) is 3.11. The molecule has 4 rings (SSSR count). The smallest absolute Gasteiger partial charge is 0.410 e. The van der Waals surface area contributed by atoms with Gasteiger partial charge in [0, 0.05) is 31.7 Å². The van der Waals surface area contributed by atoms with E-state index in [1.807, 2.05) is 5.01 Å². The Morgan fingerprint density at radius 1 is 1.17 bits per heavy atom. The fourth-order valence-electron chi connectivity index (χ4n) is 3.47. The van der Waals surface area contributed by atoms with Crippen LogP contribution in [0.25, 0.3) is 6.08 Å². The van der Waals surface area contributed by atoms with E-state index >= 15 is 0 Å². The van der Waals surface area contributed by atoms with Crippen LogP contribution in [0, 0.1) is 5.82 Å². The van der Waals surface area contributed by atoms with Crippen molar-refractivity contribution in [3.8, 4) is 5.75 Å². The van der Waals surface area contributed by atoms with E-state index in [0.717, 1.165) is 45.2 Å². The number of rotatable bonds is 2. The zero-order chi connectivity index (χ0) is 20.2. The maximum absolute atomic E-state index is 13.9. The van der Waals surface area contributed by atoms with E-state index in [2.05, 4.69) is 10.4 Å². The van der Waals surface area contributed by atoms with Crippen molar-refractivity contribution in [1.82, 2.24) is 15.3 Å². The van der Waals surface area contributed by atoms with Gasteiger partial charge in [0.15, 0.2) is 5.17 Å². The van der Waals surface area contributed by atoms with E-state index in [0.29, 0.717) is 28.7 Å². The Balaban J connectivity index is 0.00000256. The van der Waals surface area contributed by atoms with Crippen LogP contribution in [0.1, 0.15) is 37.7 Å². The van der Waals surface area contributed by atoms with Crippen molar-refractivity contribution in [2.75, 3.05) is 26.2 Å². The highest BCUT2D eigenvalue weighted by Gasteiger charge is 2.28. The Bertz CT molecular complexity index is 868. The van der Waals surface area contributed by atoms with E-state index in [1.54, 1.807) is 4.90 Å². The lowest BCUT2D eigenvalue weighted by molar-refractivity contribution is -0.113. The van der Waals surface area contributed by atoms with E-state index in [9.17, 15) is 14.0 Å². The number of aliphatic imine (C=N–C) groups is 1. The first-order chi connectivity index (χ1) is 14.1. The molecule has 0 aromatic heterocycles. The van der Waals surface area contributed by atoms with Crippen LogP contribution in [-0.4, -0.2) is 53.3 Å². The number of thioether (sulfide) groups is 1. The number of nitrogens with one attached hydrogen (secondary N) is 1. The summed E-state index contributed by atoms with van der Waals surface area (Å²) in [5.41, 5.74) is 3.56. The third-order valence-corrected chi connectivity index (χ3v) is 6.03. The number of ether oxygens (including phenoxy) is 1. The van der Waals surface area contributed by atoms with Crippen molar-refractivity contribution in [2.45, 2.75) is 32.1 Å². The van der Waals surface area contributed by atoms with Crippen LogP contribution in [-0.2, 0) is 4.79 Å². The molecule has 0 aliphatic carbocycles. The predicted octanol–water partition coefficient (Wildman–Crippen LogP) is 3.80. The number of piperidine rings is 1. The van der Waals surface area contributed by atoms with E-state index in [-0.39, 0.29) is 24.1 Å². The van der Waals surface area contributed by atoms with Gasteiger partial charge in [0.05, 0.1) is 4.91 Å². The Morgan fingerprint density at radius 2 is 1.93 bits per heavy atom. The summed E-state index contributed by atoms with van der Waals surface area (Å²) in [6.07, 6.45) is 6.20. The summed E-state index contributed by atoms with van der Waals surface area (Å²) >= 11 is 1.23. The number of halogens is 2. The lowest BCUT2D eigenvalue weighted by atomic mass is 10.1. The summed E-state index contributed by atoms with van der Waals surface area (Å²) in [5, 5.41) is 2.46. The van der Waals surface area contributed by atoms with Crippen LogP contribution in [0.4, 0.5) is 9.18 Å². The van der Waals surface area contributed by atoms with E-state index in [4.69, 9.17) is 4.74 Å². The molecule has 0 unspecified atom stereocenters. The number of likely N-dealkylation sites (tertiary alicyclic amines) is 1. The standard InChI is InChI=1S/C20H23FN4O3S.ClH/c21-15-6-7-16(28-20(27)24-9-3-1-4-10-24)14(12-15)13-17-18(26)23-19(29-17)25-11-5-2-8-22-25;/h6-7,12-13,22H,1-5,8-11H2;1H/b17-13+;. The molecule has 30 heavy (non-hydrogen) atoms. The van der Waals surface area contributed by atoms with Gasteiger partial charge in [-0.1, -0.05) is 0 Å². The zero-order valence-corrected chi connectivity index (χ0v) is 18.1. The molecule has 2 saturated heterocycles. The van der Waals surface area contributed by atoms with E-state index < -0.39 is 11.9 Å². The molecule has 0 radical (unpaired) electrons. The van der Waals surface area contributed by atoms with Gasteiger partial charge in [0.2, 0.25) is 0 Å². The largest absolute Gasteiger partial charge is 0.415 e. The number of hydrogen-bond acceptors (Lipinski definition) is 6. The van der Waals surface area contributed by atoms with Gasteiger partial charge in [-0.3, -0.25) is 9.80 Å². The highest BCUT2D eigenvalue weighted by molar-refractivity contribution is 8.18. The normalized spacial score (nSPS) is 20.8. The molecule has 0 atom stereocenters. The number of amides is 2. The van der Waals surface area contributed by atoms with Crippen LogP contribution in [0.5, 0.6) is 5.75 Å². The molecule has 0 spiro atoms. The molecule has 2 amide bonds. The molecule has 3 aliphatic rings. The summed E-state index contributed by atoms with van der Waals surface area (Å²) in [6, 6.07) is 3.92. The molecule has 1 aromatic rings. The number of carbonyl (C=O) groups is 2. The summed E-state index contributed by atoms with van der Waals surface area (Å²) in [5.74, 6) is -0.619. The van der Waals surface area contributed by atoms with Gasteiger partial charge in [-0.2, -0.15) is 4.99 Å². The Labute approximate surface area is 185 Å². The quantitative estimate of drug-likeness (QED) is 0.685. The molecule has 3 heterocycles. The van der Waals surface area contributed by atoms with Crippen molar-refractivity contribution >= 4 is 47.4 Å². The summed E-state index contributed by atoms with van der Waals surface area (Å²) in [7, 11) is 0. The molecular weight excluding hydrogens is 431 g/mol. The van der Waals surface area contributed by atoms with Gasteiger partial charge in [0.1, 0.15) is 11.6 Å². The Hall–Kier alpha value is -2.10. The molecule has 162 valence electrons. The second-order valence-electron chi connectivity index (χ2n) is 7.17. The minimum Gasteiger partial charge on any atom is -0.410 e. The number of hydrazine groups is 1. The summed E-state index contributed by atoms with van der Waals surface area (Å²) in [4.78, 5) is 30.9. The Kier molecular flexibility index (Phi) is 7.74. The number of carbonyl (C=O) groups excluding carboxylic acids is 2. The number of benzene rings is 1. The maximum Gasteiger partial charge on any atom is 0.415 e. The van der Waals surface area contributed by atoms with Crippen LogP contribution in [0.15, 0.2) is 28.1 Å². The minimum absolute atomic E-state index is 0. The van der Waals surface area contributed by atoms with Crippen LogP contribution >= 0.6 is 24.2 Å². The summed E-state index contributed by atoms with van der Waals surface area (Å²) < 4.78 is 19.4. The molecule has 1 aromatic carbocycles. The molecule has 10 heteroatoms. The van der Waals surface area contributed by atoms with Gasteiger partial charge in [0.25, 0.3) is 5.91 Å². The first kappa shape index (κ1) is 22.6. The van der Waals surface area contributed by atoms with Gasteiger partial charge in [-0.05, 0) is 68.1 Å². The van der Waals surface area contributed by atoms with Crippen LogP contribution in [0.3, 0.4) is 0 Å². The number of nitrogens with zero attached hydrogens (tertiary/aromatic N) is 3. The minimum atomic E-state index is -0.469. The van der Waals surface area contributed by atoms with Crippen molar-refractivity contribution < 1.29 is 18.7 Å². The van der Waals surface area contributed by atoms with Crippen LogP contribution < -0.4 is 10.2 Å². The fraction of sp³-hybridized carbons (Fsp3) is 0.450. The van der Waals surface area contributed by atoms with Gasteiger partial charge >= 0.3 is 6.09 Å². The highest BCUT2D eigenvalue weighted by Crippen LogP contribution is 2.33. The van der Waals surface area contributed by atoms with Gasteiger partial charge < -0.3 is 9.64 Å². The topological polar surface area (TPSA) is 74.2 Å². The summed E-state index contributed by atoms with van der Waals surface area (Å²) in [6.45, 7) is 2.94. The molecule has 3 aliphatic heterocycles. The average molecular weight is 455 g/mol. The monoisotopic (exact) mass is 454 g/mol. The maximum atomic E-state index is 13.9. The van der Waals surface area contributed by atoms with Gasteiger partial charge in [-0.25, -0.2) is 14.6 Å². The first-order valence-corrected chi connectivity index (χ1v) is 10.7. The second-order valence-corrected chi connectivity index (χ2v) is 8.18. The van der Waals surface area contributed by atoms with Crippen molar-refractivity contribution in [1.29, 1.82) is 0 Å². The third kappa shape index (κ3) is 5.33. The second kappa shape index (κ2) is 10.3. The lowest BCUT2D eigenvalue weighted by Gasteiger charge is -2.28.